The molecule has 3 saturated heterocycles. The lowest BCUT2D eigenvalue weighted by Crippen LogP contribution is -2.59. The van der Waals surface area contributed by atoms with Crippen LogP contribution in [-0.2, 0) is 54.1 Å². The minimum atomic E-state index is -1.47. The first-order valence-corrected chi connectivity index (χ1v) is 20.4. The lowest BCUT2D eigenvalue weighted by Gasteiger charge is -2.47. The number of ketones is 1. The van der Waals surface area contributed by atoms with E-state index in [2.05, 4.69) is 15.5 Å². The fourth-order valence-electron chi connectivity index (χ4n) is 8.29. The molecule has 17 heteroatoms. The molecule has 316 valence electrons. The Labute approximate surface area is 334 Å². The number of nitrogens with one attached hydrogen (secondary N) is 1. The number of methoxy groups -OCH3 is 1. The van der Waals surface area contributed by atoms with E-state index in [1.807, 2.05) is 38.2 Å². The molecular formula is C39H62N4O12S. The molecule has 0 aromatic carbocycles. The molecule has 0 saturated carbocycles. The highest BCUT2D eigenvalue weighted by Gasteiger charge is 2.58. The molecule has 3 fully saturated rings. The number of rotatable bonds is 12. The van der Waals surface area contributed by atoms with Gasteiger partial charge in [0.25, 0.3) is 5.91 Å². The molecule has 0 spiro atoms. The van der Waals surface area contributed by atoms with Gasteiger partial charge in [-0.25, -0.2) is 9.78 Å². The number of oxime groups is 1. The molecule has 4 heterocycles. The SMILES string of the molecule is CC[C@H]1OC(=O)[C@H](C)C(=O)[C@H](C)[C@@H](O[C@@H]2O[C@H](C)C[C@H](N(C)C)[C@H]2O)[C@@](C)(OC)C[C@@H](C)/C(=N\OCC(=O)NCCCc2nccs2)[C@H](C)[C@H]2OC(=O)O[C@@]21C. The summed E-state index contributed by atoms with van der Waals surface area (Å²) in [4.78, 5) is 65.6. The molecule has 0 aliphatic carbocycles. The Bertz CT molecular complexity index is 1530. The minimum absolute atomic E-state index is 0.172. The Morgan fingerprint density at radius 1 is 1.12 bits per heavy atom. The summed E-state index contributed by atoms with van der Waals surface area (Å²) in [6, 6.07) is -0.293. The average Bonchev–Trinajstić information content (AvgIpc) is 3.79. The van der Waals surface area contributed by atoms with E-state index in [-0.39, 0.29) is 37.5 Å². The zero-order chi connectivity index (χ0) is 41.5. The molecule has 4 rings (SSSR count). The summed E-state index contributed by atoms with van der Waals surface area (Å²) < 4.78 is 36.6. The molecule has 56 heavy (non-hydrogen) atoms. The number of cyclic esters (lactones) is 1. The Morgan fingerprint density at radius 2 is 1.84 bits per heavy atom. The van der Waals surface area contributed by atoms with Crippen molar-refractivity contribution in [2.45, 2.75) is 142 Å². The molecule has 0 bridgehead atoms. The van der Waals surface area contributed by atoms with Crippen LogP contribution < -0.4 is 5.32 Å². The highest BCUT2D eigenvalue weighted by Crippen LogP contribution is 2.42. The highest BCUT2D eigenvalue weighted by molar-refractivity contribution is 7.09. The number of carbonyl (C=O) groups excluding carboxylic acids is 4. The van der Waals surface area contributed by atoms with Gasteiger partial charge in [-0.15, -0.1) is 11.3 Å². The number of aryl methyl sites for hydroxylation is 1. The van der Waals surface area contributed by atoms with Crippen LogP contribution in [0.3, 0.4) is 0 Å². The number of Topliss-reactive ketones (excluding diaryl/α,β-unsaturated/α-hetero) is 1. The summed E-state index contributed by atoms with van der Waals surface area (Å²) in [6.45, 7) is 13.9. The lowest BCUT2D eigenvalue weighted by molar-refractivity contribution is -0.295. The van der Waals surface area contributed by atoms with Crippen LogP contribution in [0.25, 0.3) is 0 Å². The monoisotopic (exact) mass is 810 g/mol. The fraction of sp³-hybridized carbons (Fsp3) is 0.795. The quantitative estimate of drug-likeness (QED) is 0.134. The van der Waals surface area contributed by atoms with Gasteiger partial charge in [0.05, 0.1) is 28.5 Å². The van der Waals surface area contributed by atoms with Gasteiger partial charge in [-0.1, -0.05) is 32.9 Å². The van der Waals surface area contributed by atoms with Crippen molar-refractivity contribution < 1.29 is 57.5 Å². The predicted molar refractivity (Wildman–Crippen MR) is 206 cm³/mol. The van der Waals surface area contributed by atoms with Gasteiger partial charge in [0.2, 0.25) is 0 Å². The van der Waals surface area contributed by atoms with Gasteiger partial charge in [-0.3, -0.25) is 14.4 Å². The molecule has 2 N–H and O–H groups in total. The zero-order valence-electron chi connectivity index (χ0n) is 34.6. The number of nitrogens with zero attached hydrogens (tertiary/aromatic N) is 3. The molecular weight excluding hydrogens is 749 g/mol. The maximum Gasteiger partial charge on any atom is 0.509 e. The van der Waals surface area contributed by atoms with Gasteiger partial charge in [0.1, 0.15) is 18.1 Å². The third-order valence-corrected chi connectivity index (χ3v) is 12.4. The number of thiazole rings is 1. The fourth-order valence-corrected chi connectivity index (χ4v) is 8.96. The van der Waals surface area contributed by atoms with E-state index in [0.29, 0.717) is 25.1 Å². The Morgan fingerprint density at radius 3 is 2.46 bits per heavy atom. The second kappa shape index (κ2) is 19.5. The molecule has 0 radical (unpaired) electrons. The van der Waals surface area contributed by atoms with Crippen LogP contribution in [0.15, 0.2) is 16.7 Å². The number of aliphatic hydroxyl groups excluding tert-OH is 1. The van der Waals surface area contributed by atoms with E-state index in [4.69, 9.17) is 33.3 Å². The Kier molecular flexibility index (Phi) is 15.8. The third-order valence-electron chi connectivity index (χ3n) is 11.5. The predicted octanol–water partition coefficient (Wildman–Crippen LogP) is 3.91. The first-order chi connectivity index (χ1) is 26.4. The second-order valence-electron chi connectivity index (χ2n) is 16.0. The molecule has 3 aliphatic rings. The van der Waals surface area contributed by atoms with Crippen LogP contribution in [0.5, 0.6) is 0 Å². The maximum atomic E-state index is 14.3. The van der Waals surface area contributed by atoms with E-state index in [0.717, 1.165) is 11.4 Å². The number of esters is 1. The molecule has 3 aliphatic heterocycles. The normalized spacial score (nSPS) is 38.0. The van der Waals surface area contributed by atoms with Crippen LogP contribution >= 0.6 is 11.3 Å². The number of aromatic nitrogens is 1. The van der Waals surface area contributed by atoms with E-state index in [1.165, 1.54) is 14.0 Å². The summed E-state index contributed by atoms with van der Waals surface area (Å²) in [6.07, 6.45) is -2.34. The van der Waals surface area contributed by atoms with Crippen molar-refractivity contribution in [3.8, 4) is 0 Å². The Hall–Kier alpha value is -3.22. The van der Waals surface area contributed by atoms with Crippen molar-refractivity contribution in [2.24, 2.45) is 28.8 Å². The van der Waals surface area contributed by atoms with Crippen molar-refractivity contribution >= 4 is 40.9 Å². The highest BCUT2D eigenvalue weighted by atomic mass is 32.1. The lowest BCUT2D eigenvalue weighted by atomic mass is 9.74. The van der Waals surface area contributed by atoms with Crippen LogP contribution in [0.1, 0.15) is 86.1 Å². The van der Waals surface area contributed by atoms with Gasteiger partial charge < -0.3 is 48.6 Å². The van der Waals surface area contributed by atoms with Gasteiger partial charge >= 0.3 is 12.1 Å². The molecule has 16 nitrogen and oxygen atoms in total. The maximum absolute atomic E-state index is 14.3. The summed E-state index contributed by atoms with van der Waals surface area (Å²) >= 11 is 1.56. The smallest absolute Gasteiger partial charge is 0.457 e. The number of ether oxygens (including phenoxy) is 6. The van der Waals surface area contributed by atoms with Crippen molar-refractivity contribution in [1.29, 1.82) is 0 Å². The van der Waals surface area contributed by atoms with Gasteiger partial charge in [0, 0.05) is 55.4 Å². The third kappa shape index (κ3) is 10.4. The number of likely N-dealkylation sites (N-methyl/N-ethyl adjacent to an activating group) is 1. The first-order valence-electron chi connectivity index (χ1n) is 19.6. The van der Waals surface area contributed by atoms with E-state index in [1.54, 1.807) is 52.2 Å². The van der Waals surface area contributed by atoms with E-state index < -0.39 is 83.5 Å². The Balaban J connectivity index is 1.71. The standard InChI is InChI=1S/C39H62N4O12S/c1-12-27-39(8)34(54-37(48)55-39)23(4)30(42-50-20-28(44)40-15-13-14-29-41-16-17-56-29)21(2)19-38(7,49-11)33(24(5)31(45)25(6)35(47)52-27)53-36-32(46)26(43(9)10)18-22(3)51-36/h16-17,21-27,32-34,36,46H,12-15,18-20H2,1-11H3,(H,40,44)/b42-30+/t21-,22-,23+,24+,25-,26+,27-,32-,33-,34-,36+,38+,39-/m1/s1. The number of hydrogen-bond acceptors (Lipinski definition) is 16. The molecule has 1 aromatic rings. The number of fused-ring (bicyclic) bond motifs is 1. The molecule has 1 amide bonds. The molecule has 0 unspecified atom stereocenters. The van der Waals surface area contributed by atoms with Crippen LogP contribution in [0.4, 0.5) is 4.79 Å². The minimum Gasteiger partial charge on any atom is -0.457 e. The van der Waals surface area contributed by atoms with Crippen molar-refractivity contribution in [1.82, 2.24) is 15.2 Å². The van der Waals surface area contributed by atoms with E-state index >= 15 is 0 Å². The summed E-state index contributed by atoms with van der Waals surface area (Å²) in [5, 5.41) is 21.7. The first kappa shape index (κ1) is 45.5. The number of aliphatic hydroxyl groups is 1. The largest absolute Gasteiger partial charge is 0.509 e. The zero-order valence-corrected chi connectivity index (χ0v) is 35.5. The average molecular weight is 811 g/mol. The number of carbonyl (C=O) groups is 4. The summed E-state index contributed by atoms with van der Waals surface area (Å²) in [7, 11) is 5.23. The van der Waals surface area contributed by atoms with E-state index in [9.17, 15) is 24.3 Å². The van der Waals surface area contributed by atoms with Crippen molar-refractivity contribution in [3.05, 3.63) is 16.6 Å². The summed E-state index contributed by atoms with van der Waals surface area (Å²) in [5.41, 5.74) is -2.34. The number of amides is 1. The topological polar surface area (TPSA) is 194 Å². The van der Waals surface area contributed by atoms with Crippen molar-refractivity contribution in [2.75, 3.05) is 34.4 Å². The van der Waals surface area contributed by atoms with Crippen LogP contribution in [0, 0.1) is 23.7 Å². The van der Waals surface area contributed by atoms with Gasteiger partial charge in [-0.2, -0.15) is 0 Å². The van der Waals surface area contributed by atoms with Gasteiger partial charge in [-0.05, 0) is 67.5 Å². The molecule has 1 aromatic heterocycles. The van der Waals surface area contributed by atoms with Crippen LogP contribution in [-0.4, -0.2) is 133 Å². The second-order valence-corrected chi connectivity index (χ2v) is 17.0. The summed E-state index contributed by atoms with van der Waals surface area (Å²) in [5.74, 6) is -5.07. The van der Waals surface area contributed by atoms with Crippen LogP contribution in [0.2, 0.25) is 0 Å². The molecule has 13 atom stereocenters. The number of hydrogen-bond donors (Lipinski definition) is 2. The van der Waals surface area contributed by atoms with Crippen molar-refractivity contribution in [3.63, 3.8) is 0 Å². The van der Waals surface area contributed by atoms with Gasteiger partial charge in [0.15, 0.2) is 30.4 Å².